The summed E-state index contributed by atoms with van der Waals surface area (Å²) < 4.78 is 2.57. The van der Waals surface area contributed by atoms with Gasteiger partial charge in [0.1, 0.15) is 5.69 Å². The first-order chi connectivity index (χ1) is 8.47. The maximum Gasteiger partial charge on any atom is 0.272 e. The van der Waals surface area contributed by atoms with Crippen molar-refractivity contribution in [1.82, 2.24) is 4.57 Å². The highest BCUT2D eigenvalue weighted by atomic mass is 79.9. The summed E-state index contributed by atoms with van der Waals surface area (Å²) in [4.78, 5) is 12.0. The van der Waals surface area contributed by atoms with Gasteiger partial charge in [-0.1, -0.05) is 23.2 Å². The molecule has 0 aliphatic carbocycles. The summed E-state index contributed by atoms with van der Waals surface area (Å²) in [7, 11) is 1.79. The fourth-order valence-electron chi connectivity index (χ4n) is 1.53. The molecule has 1 aromatic heterocycles. The van der Waals surface area contributed by atoms with Crippen molar-refractivity contribution in [3.05, 3.63) is 50.7 Å². The summed E-state index contributed by atoms with van der Waals surface area (Å²) in [6.07, 6.45) is 1.80. The first-order valence-corrected chi connectivity index (χ1v) is 6.60. The molecule has 0 unspecified atom stereocenters. The Bertz CT molecular complexity index is 610. The third kappa shape index (κ3) is 2.88. The minimum atomic E-state index is -0.229. The minimum Gasteiger partial charge on any atom is -0.345 e. The van der Waals surface area contributed by atoms with Crippen LogP contribution in [-0.4, -0.2) is 10.5 Å². The monoisotopic (exact) mass is 346 g/mol. The van der Waals surface area contributed by atoms with E-state index in [0.29, 0.717) is 21.4 Å². The lowest BCUT2D eigenvalue weighted by atomic mass is 10.3. The molecule has 0 atom stereocenters. The Kier molecular flexibility index (Phi) is 4.00. The summed E-state index contributed by atoms with van der Waals surface area (Å²) in [5.74, 6) is -0.229. The van der Waals surface area contributed by atoms with Crippen molar-refractivity contribution >= 4 is 50.7 Å². The Morgan fingerprint density at radius 2 is 2.06 bits per heavy atom. The van der Waals surface area contributed by atoms with Crippen molar-refractivity contribution in [1.29, 1.82) is 0 Å². The van der Waals surface area contributed by atoms with Crippen LogP contribution in [0.2, 0.25) is 10.0 Å². The van der Waals surface area contributed by atoms with E-state index >= 15 is 0 Å². The number of hydrogen-bond acceptors (Lipinski definition) is 1. The predicted octanol–water partition coefficient (Wildman–Crippen LogP) is 4.35. The summed E-state index contributed by atoms with van der Waals surface area (Å²) >= 11 is 15.1. The van der Waals surface area contributed by atoms with Gasteiger partial charge in [0.15, 0.2) is 0 Å². The molecule has 0 aliphatic heterocycles. The highest BCUT2D eigenvalue weighted by Crippen LogP contribution is 2.26. The van der Waals surface area contributed by atoms with Crippen LogP contribution in [0, 0.1) is 0 Å². The molecule has 0 fully saturated rings. The van der Waals surface area contributed by atoms with E-state index in [-0.39, 0.29) is 5.91 Å². The number of anilines is 1. The molecule has 1 aromatic carbocycles. The lowest BCUT2D eigenvalue weighted by Gasteiger charge is -2.08. The molecule has 3 nitrogen and oxygen atoms in total. The van der Waals surface area contributed by atoms with Crippen LogP contribution in [-0.2, 0) is 7.05 Å². The summed E-state index contributed by atoms with van der Waals surface area (Å²) in [5.41, 5.74) is 1.07. The molecule has 0 saturated heterocycles. The predicted molar refractivity (Wildman–Crippen MR) is 77.5 cm³/mol. The van der Waals surface area contributed by atoms with Gasteiger partial charge in [-0.05, 0) is 40.2 Å². The van der Waals surface area contributed by atoms with Crippen LogP contribution < -0.4 is 5.32 Å². The van der Waals surface area contributed by atoms with Crippen molar-refractivity contribution in [3.8, 4) is 0 Å². The standard InChI is InChI=1S/C12H9BrCl2N2O/c1-17-6-7(13)4-11(17)12(18)16-10-3-2-8(14)5-9(10)15/h2-6H,1H3,(H,16,18). The first-order valence-electron chi connectivity index (χ1n) is 5.05. The van der Waals surface area contributed by atoms with Gasteiger partial charge in [-0.25, -0.2) is 0 Å². The van der Waals surface area contributed by atoms with Gasteiger partial charge in [0.2, 0.25) is 0 Å². The summed E-state index contributed by atoms with van der Waals surface area (Å²) in [6.45, 7) is 0. The zero-order valence-corrected chi connectivity index (χ0v) is 12.5. The fourth-order valence-corrected chi connectivity index (χ4v) is 2.51. The number of nitrogens with one attached hydrogen (secondary N) is 1. The molecule has 2 rings (SSSR count). The second kappa shape index (κ2) is 5.34. The van der Waals surface area contributed by atoms with Gasteiger partial charge in [0.25, 0.3) is 5.91 Å². The molecule has 94 valence electrons. The Morgan fingerprint density at radius 1 is 1.33 bits per heavy atom. The third-order valence-corrected chi connectivity index (χ3v) is 3.37. The Morgan fingerprint density at radius 3 is 2.61 bits per heavy atom. The molecule has 1 amide bonds. The molecular formula is C12H9BrCl2N2O. The van der Waals surface area contributed by atoms with E-state index in [1.165, 1.54) is 0 Å². The lowest BCUT2D eigenvalue weighted by molar-refractivity contribution is 0.101. The van der Waals surface area contributed by atoms with Gasteiger partial charge < -0.3 is 9.88 Å². The molecule has 6 heteroatoms. The zero-order valence-electron chi connectivity index (χ0n) is 9.38. The second-order valence-electron chi connectivity index (χ2n) is 3.73. The van der Waals surface area contributed by atoms with E-state index in [2.05, 4.69) is 21.2 Å². The zero-order chi connectivity index (χ0) is 13.3. The number of aryl methyl sites for hydroxylation is 1. The molecule has 1 N–H and O–H groups in total. The molecular weight excluding hydrogens is 339 g/mol. The van der Waals surface area contributed by atoms with E-state index in [9.17, 15) is 4.79 Å². The van der Waals surface area contributed by atoms with E-state index in [0.717, 1.165) is 4.47 Å². The van der Waals surface area contributed by atoms with Gasteiger partial charge in [0, 0.05) is 22.7 Å². The minimum absolute atomic E-state index is 0.229. The summed E-state index contributed by atoms with van der Waals surface area (Å²) in [6, 6.07) is 6.66. The Balaban J connectivity index is 2.24. The average Bonchev–Trinajstić information content (AvgIpc) is 2.62. The fraction of sp³-hybridized carbons (Fsp3) is 0.0833. The van der Waals surface area contributed by atoms with Gasteiger partial charge in [-0.2, -0.15) is 0 Å². The number of hydrogen-bond donors (Lipinski definition) is 1. The van der Waals surface area contributed by atoms with Gasteiger partial charge >= 0.3 is 0 Å². The number of carbonyl (C=O) groups excluding carboxylic acids is 1. The summed E-state index contributed by atoms with van der Waals surface area (Å²) in [5, 5.41) is 3.67. The Labute approximate surface area is 123 Å². The normalized spacial score (nSPS) is 10.4. The molecule has 18 heavy (non-hydrogen) atoms. The van der Waals surface area contributed by atoms with Gasteiger partial charge in [0.05, 0.1) is 10.7 Å². The topological polar surface area (TPSA) is 34.0 Å². The van der Waals surface area contributed by atoms with Crippen LogP contribution in [0.5, 0.6) is 0 Å². The largest absolute Gasteiger partial charge is 0.345 e. The average molecular weight is 348 g/mol. The molecule has 1 heterocycles. The van der Waals surface area contributed by atoms with Crippen LogP contribution in [0.1, 0.15) is 10.5 Å². The van der Waals surface area contributed by atoms with Gasteiger partial charge in [-0.3, -0.25) is 4.79 Å². The van der Waals surface area contributed by atoms with Crippen molar-refractivity contribution < 1.29 is 4.79 Å². The maximum absolute atomic E-state index is 12.0. The van der Waals surface area contributed by atoms with Crippen LogP contribution in [0.25, 0.3) is 0 Å². The second-order valence-corrected chi connectivity index (χ2v) is 5.49. The molecule has 0 saturated carbocycles. The van der Waals surface area contributed by atoms with E-state index in [4.69, 9.17) is 23.2 Å². The van der Waals surface area contributed by atoms with Crippen LogP contribution in [0.3, 0.4) is 0 Å². The number of aromatic nitrogens is 1. The first kappa shape index (κ1) is 13.5. The number of halogens is 3. The highest BCUT2D eigenvalue weighted by Gasteiger charge is 2.12. The molecule has 0 aliphatic rings. The van der Waals surface area contributed by atoms with E-state index in [1.807, 2.05) is 0 Å². The maximum atomic E-state index is 12.0. The van der Waals surface area contributed by atoms with Crippen LogP contribution >= 0.6 is 39.1 Å². The molecule has 2 aromatic rings. The molecule has 0 bridgehead atoms. The van der Waals surface area contributed by atoms with Crippen molar-refractivity contribution in [2.75, 3.05) is 5.32 Å². The van der Waals surface area contributed by atoms with Crippen molar-refractivity contribution in [2.24, 2.45) is 7.05 Å². The van der Waals surface area contributed by atoms with Crippen LogP contribution in [0.15, 0.2) is 34.9 Å². The lowest BCUT2D eigenvalue weighted by Crippen LogP contribution is -2.15. The number of amides is 1. The van der Waals surface area contributed by atoms with Crippen molar-refractivity contribution in [2.45, 2.75) is 0 Å². The highest BCUT2D eigenvalue weighted by molar-refractivity contribution is 9.10. The Hall–Kier alpha value is -0.970. The number of rotatable bonds is 2. The number of benzene rings is 1. The number of carbonyl (C=O) groups is 1. The smallest absolute Gasteiger partial charge is 0.272 e. The number of nitrogens with zero attached hydrogens (tertiary/aromatic N) is 1. The van der Waals surface area contributed by atoms with Crippen LogP contribution in [0.4, 0.5) is 5.69 Å². The van der Waals surface area contributed by atoms with Gasteiger partial charge in [-0.15, -0.1) is 0 Å². The SMILES string of the molecule is Cn1cc(Br)cc1C(=O)Nc1ccc(Cl)cc1Cl. The molecule has 0 spiro atoms. The third-order valence-electron chi connectivity index (χ3n) is 2.38. The molecule has 0 radical (unpaired) electrons. The van der Waals surface area contributed by atoms with E-state index in [1.54, 1.807) is 42.1 Å². The van der Waals surface area contributed by atoms with E-state index < -0.39 is 0 Å². The van der Waals surface area contributed by atoms with Crippen molar-refractivity contribution in [3.63, 3.8) is 0 Å². The quantitative estimate of drug-likeness (QED) is 0.861.